The maximum Gasteiger partial charge on any atom is 0.243 e. The molecule has 0 aliphatic heterocycles. The van der Waals surface area contributed by atoms with Crippen molar-refractivity contribution in [3.8, 4) is 28.8 Å². The molecule has 0 radical (unpaired) electrons. The third-order valence-electron chi connectivity index (χ3n) is 5.39. The van der Waals surface area contributed by atoms with Crippen LogP contribution in [0.1, 0.15) is 27.4 Å². The topological polar surface area (TPSA) is 79.4 Å². The molecular weight excluding hydrogens is 442 g/mol. The Labute approximate surface area is 202 Å². The molecule has 174 valence electrons. The number of benzene rings is 3. The van der Waals surface area contributed by atoms with Gasteiger partial charge in [-0.05, 0) is 48.9 Å². The zero-order valence-electron chi connectivity index (χ0n) is 19.1. The molecule has 0 amide bonds. The van der Waals surface area contributed by atoms with Crippen molar-refractivity contribution in [2.75, 3.05) is 0 Å². The number of hydrogen-bond acceptors (Lipinski definition) is 6. The number of hydrogen-bond donors (Lipinski definition) is 0. The Morgan fingerprint density at radius 2 is 1.60 bits per heavy atom. The van der Waals surface area contributed by atoms with Crippen molar-refractivity contribution in [3.05, 3.63) is 114 Å². The fraction of sp³-hybridized carbons (Fsp3) is 0.107. The molecule has 5 rings (SSSR count). The summed E-state index contributed by atoms with van der Waals surface area (Å²) in [5, 5.41) is 4.45. The van der Waals surface area contributed by atoms with Gasteiger partial charge in [0.1, 0.15) is 29.6 Å². The molecule has 7 heteroatoms. The van der Waals surface area contributed by atoms with Crippen LogP contribution in [0, 0.1) is 6.92 Å². The molecule has 0 bridgehead atoms. The molecule has 0 aliphatic carbocycles. The fourth-order valence-electron chi connectivity index (χ4n) is 3.57. The molecule has 0 atom stereocenters. The normalized spacial score (nSPS) is 10.8. The molecule has 35 heavy (non-hydrogen) atoms. The number of oxazole rings is 1. The summed E-state index contributed by atoms with van der Waals surface area (Å²) < 4.78 is 19.1. The van der Waals surface area contributed by atoms with E-state index in [-0.39, 0.29) is 12.5 Å². The van der Waals surface area contributed by atoms with E-state index in [1.54, 1.807) is 10.9 Å². The van der Waals surface area contributed by atoms with Crippen molar-refractivity contribution >= 4 is 6.29 Å². The number of carbonyl (C=O) groups excluding carboxylic acids is 1. The van der Waals surface area contributed by atoms with Gasteiger partial charge < -0.3 is 13.9 Å². The van der Waals surface area contributed by atoms with Gasteiger partial charge in [-0.25, -0.2) is 4.98 Å². The minimum Gasteiger partial charge on any atom is -0.469 e. The van der Waals surface area contributed by atoms with Crippen LogP contribution in [0.3, 0.4) is 0 Å². The van der Waals surface area contributed by atoms with E-state index in [9.17, 15) is 4.79 Å². The quantitative estimate of drug-likeness (QED) is 0.246. The van der Waals surface area contributed by atoms with Gasteiger partial charge in [-0.1, -0.05) is 48.5 Å². The van der Waals surface area contributed by atoms with Gasteiger partial charge in [-0.3, -0.25) is 9.48 Å². The first-order chi connectivity index (χ1) is 17.2. The van der Waals surface area contributed by atoms with E-state index in [2.05, 4.69) is 10.1 Å². The zero-order valence-corrected chi connectivity index (χ0v) is 19.1. The van der Waals surface area contributed by atoms with E-state index in [4.69, 9.17) is 13.9 Å². The summed E-state index contributed by atoms with van der Waals surface area (Å²) in [4.78, 5) is 16.1. The first kappa shape index (κ1) is 22.2. The molecule has 7 nitrogen and oxygen atoms in total. The van der Waals surface area contributed by atoms with Crippen molar-refractivity contribution < 1.29 is 18.7 Å². The lowest BCUT2D eigenvalue weighted by molar-refractivity contribution is 0.111. The van der Waals surface area contributed by atoms with E-state index < -0.39 is 0 Å². The maximum atomic E-state index is 11.6. The van der Waals surface area contributed by atoms with E-state index in [1.165, 1.54) is 0 Å². The highest BCUT2D eigenvalue weighted by Crippen LogP contribution is 2.24. The number of aromatic nitrogens is 3. The van der Waals surface area contributed by atoms with Crippen LogP contribution < -0.4 is 9.47 Å². The molecule has 2 heterocycles. The minimum absolute atomic E-state index is 0.144. The van der Waals surface area contributed by atoms with Crippen molar-refractivity contribution in [3.63, 3.8) is 0 Å². The molecule has 5 aromatic rings. The van der Waals surface area contributed by atoms with Crippen molar-refractivity contribution in [2.24, 2.45) is 0 Å². The number of aryl methyl sites for hydroxylation is 1. The molecule has 0 unspecified atom stereocenters. The number of rotatable bonds is 9. The highest BCUT2D eigenvalue weighted by molar-refractivity contribution is 5.77. The fourth-order valence-corrected chi connectivity index (χ4v) is 3.57. The Kier molecular flexibility index (Phi) is 6.39. The van der Waals surface area contributed by atoms with Gasteiger partial charge in [-0.15, -0.1) is 5.10 Å². The van der Waals surface area contributed by atoms with E-state index >= 15 is 0 Å². The lowest BCUT2D eigenvalue weighted by atomic mass is 10.2. The summed E-state index contributed by atoms with van der Waals surface area (Å²) in [7, 11) is 0. The van der Waals surface area contributed by atoms with Gasteiger partial charge in [0.2, 0.25) is 11.8 Å². The monoisotopic (exact) mass is 465 g/mol. The Bertz CT molecular complexity index is 1410. The highest BCUT2D eigenvalue weighted by atomic mass is 16.5. The largest absolute Gasteiger partial charge is 0.469 e. The zero-order chi connectivity index (χ0) is 24.0. The van der Waals surface area contributed by atoms with Crippen LogP contribution in [0.15, 0.2) is 95.5 Å². The third-order valence-corrected chi connectivity index (χ3v) is 5.39. The Balaban J connectivity index is 1.24. The number of ether oxygens (including phenoxy) is 2. The third kappa shape index (κ3) is 5.30. The average molecular weight is 466 g/mol. The standard InChI is InChI=1S/C28H23N3O4/c1-20-26(29-27(34-20)22-8-4-2-5-9-22)19-33-28-23(18-32)17-31(30-28)16-21-12-14-25(15-13-21)35-24-10-6-3-7-11-24/h2-15,17-18H,16,19H2,1H3. The van der Waals surface area contributed by atoms with E-state index in [0.717, 1.165) is 28.9 Å². The van der Waals surface area contributed by atoms with Crippen LogP contribution >= 0.6 is 0 Å². The number of para-hydroxylation sites is 1. The van der Waals surface area contributed by atoms with E-state index in [0.29, 0.717) is 29.5 Å². The summed E-state index contributed by atoms with van der Waals surface area (Å²) >= 11 is 0. The van der Waals surface area contributed by atoms with Crippen LogP contribution in [0.4, 0.5) is 0 Å². The molecule has 3 aromatic carbocycles. The molecule has 0 N–H and O–H groups in total. The van der Waals surface area contributed by atoms with Gasteiger partial charge in [0.05, 0.1) is 12.1 Å². The molecule has 0 saturated heterocycles. The summed E-state index contributed by atoms with van der Waals surface area (Å²) in [6, 6.07) is 27.0. The highest BCUT2D eigenvalue weighted by Gasteiger charge is 2.15. The first-order valence-electron chi connectivity index (χ1n) is 11.2. The van der Waals surface area contributed by atoms with Gasteiger partial charge in [-0.2, -0.15) is 0 Å². The predicted octanol–water partition coefficient (Wildman–Crippen LogP) is 6.08. The second-order valence-electron chi connectivity index (χ2n) is 7.94. The van der Waals surface area contributed by atoms with Crippen LogP contribution in [0.25, 0.3) is 11.5 Å². The second kappa shape index (κ2) is 10.1. The van der Waals surface area contributed by atoms with Crippen LogP contribution in [-0.4, -0.2) is 21.1 Å². The Morgan fingerprint density at radius 3 is 2.31 bits per heavy atom. The number of nitrogens with zero attached hydrogens (tertiary/aromatic N) is 3. The van der Waals surface area contributed by atoms with Gasteiger partial charge in [0.25, 0.3) is 0 Å². The summed E-state index contributed by atoms with van der Waals surface area (Å²) in [6.45, 7) is 2.46. The molecule has 0 aliphatic rings. The lowest BCUT2D eigenvalue weighted by Gasteiger charge is -2.07. The molecule has 2 aromatic heterocycles. The Morgan fingerprint density at radius 1 is 0.914 bits per heavy atom. The molecule has 0 fully saturated rings. The van der Waals surface area contributed by atoms with Crippen LogP contribution in [-0.2, 0) is 13.2 Å². The van der Waals surface area contributed by atoms with Gasteiger partial charge in [0, 0.05) is 11.8 Å². The average Bonchev–Trinajstić information content (AvgIpc) is 3.47. The minimum atomic E-state index is 0.144. The summed E-state index contributed by atoms with van der Waals surface area (Å²) in [6.07, 6.45) is 2.41. The Hall–Kier alpha value is -4.65. The molecular formula is C28H23N3O4. The van der Waals surface area contributed by atoms with Crippen molar-refractivity contribution in [1.82, 2.24) is 14.8 Å². The molecule has 0 saturated carbocycles. The predicted molar refractivity (Wildman–Crippen MR) is 131 cm³/mol. The van der Waals surface area contributed by atoms with Crippen LogP contribution in [0.5, 0.6) is 17.4 Å². The lowest BCUT2D eigenvalue weighted by Crippen LogP contribution is -2.02. The summed E-state index contributed by atoms with van der Waals surface area (Å²) in [5.41, 5.74) is 2.93. The SMILES string of the molecule is Cc1oc(-c2ccccc2)nc1COc1nn(Cc2ccc(Oc3ccccc3)cc2)cc1C=O. The smallest absolute Gasteiger partial charge is 0.243 e. The second-order valence-corrected chi connectivity index (χ2v) is 7.94. The van der Waals surface area contributed by atoms with Gasteiger partial charge in [0.15, 0.2) is 6.29 Å². The van der Waals surface area contributed by atoms with Crippen LogP contribution in [0.2, 0.25) is 0 Å². The van der Waals surface area contributed by atoms with Crippen molar-refractivity contribution in [1.29, 1.82) is 0 Å². The van der Waals surface area contributed by atoms with Gasteiger partial charge >= 0.3 is 0 Å². The number of carbonyl (C=O) groups is 1. The maximum absolute atomic E-state index is 11.6. The first-order valence-corrected chi connectivity index (χ1v) is 11.2. The van der Waals surface area contributed by atoms with E-state index in [1.807, 2.05) is 91.9 Å². The molecule has 0 spiro atoms. The van der Waals surface area contributed by atoms with Crippen molar-refractivity contribution in [2.45, 2.75) is 20.1 Å². The number of aldehydes is 1. The summed E-state index contributed by atoms with van der Waals surface area (Å²) in [5.74, 6) is 2.97.